The Balaban J connectivity index is 1.66. The second kappa shape index (κ2) is 10.5. The van der Waals surface area contributed by atoms with Gasteiger partial charge in [-0.05, 0) is 68.1 Å². The first kappa shape index (κ1) is 22.9. The van der Waals surface area contributed by atoms with E-state index in [-0.39, 0.29) is 11.7 Å². The summed E-state index contributed by atoms with van der Waals surface area (Å²) in [5.74, 6) is 2.33. The number of thioether (sulfide) groups is 1. The number of anilines is 1. The molecule has 0 fully saturated rings. The van der Waals surface area contributed by atoms with Crippen molar-refractivity contribution in [2.75, 3.05) is 17.7 Å². The average molecular weight is 439 g/mol. The van der Waals surface area contributed by atoms with Gasteiger partial charge in [0.25, 0.3) is 0 Å². The molecule has 7 heteroatoms. The molecule has 0 spiro atoms. The van der Waals surface area contributed by atoms with E-state index in [1.54, 1.807) is 0 Å². The number of amides is 1. The Morgan fingerprint density at radius 2 is 1.87 bits per heavy atom. The lowest BCUT2D eigenvalue weighted by molar-refractivity contribution is -0.113. The molecule has 1 aromatic heterocycles. The first-order chi connectivity index (χ1) is 14.9. The van der Waals surface area contributed by atoms with Gasteiger partial charge in [-0.2, -0.15) is 0 Å². The zero-order valence-corrected chi connectivity index (χ0v) is 19.6. The fourth-order valence-electron chi connectivity index (χ4n) is 3.06. The highest BCUT2D eigenvalue weighted by Crippen LogP contribution is 2.26. The van der Waals surface area contributed by atoms with Crippen LogP contribution >= 0.6 is 11.8 Å². The number of aromatic nitrogens is 3. The smallest absolute Gasteiger partial charge is 0.234 e. The van der Waals surface area contributed by atoms with Crippen LogP contribution in [0, 0.1) is 19.8 Å². The maximum Gasteiger partial charge on any atom is 0.234 e. The fraction of sp³-hybridized carbons (Fsp3) is 0.375. The average Bonchev–Trinajstić information content (AvgIpc) is 3.17. The predicted molar refractivity (Wildman–Crippen MR) is 127 cm³/mol. The van der Waals surface area contributed by atoms with Crippen LogP contribution in [0.5, 0.6) is 5.75 Å². The molecular weight excluding hydrogens is 408 g/mol. The van der Waals surface area contributed by atoms with E-state index >= 15 is 0 Å². The lowest BCUT2D eigenvalue weighted by Gasteiger charge is -2.11. The van der Waals surface area contributed by atoms with Crippen LogP contribution in [-0.4, -0.2) is 33.0 Å². The van der Waals surface area contributed by atoms with Crippen LogP contribution in [-0.2, 0) is 11.3 Å². The largest absolute Gasteiger partial charge is 0.493 e. The van der Waals surface area contributed by atoms with Gasteiger partial charge in [-0.25, -0.2) is 0 Å². The molecule has 2 aromatic carbocycles. The third-order valence-electron chi connectivity index (χ3n) is 4.94. The maximum atomic E-state index is 12.5. The van der Waals surface area contributed by atoms with E-state index in [1.165, 1.54) is 11.8 Å². The van der Waals surface area contributed by atoms with Crippen molar-refractivity contribution in [2.45, 2.75) is 46.3 Å². The summed E-state index contributed by atoms with van der Waals surface area (Å²) in [5, 5.41) is 12.4. The minimum absolute atomic E-state index is 0.0578. The molecule has 0 saturated heterocycles. The summed E-state index contributed by atoms with van der Waals surface area (Å²) in [6, 6.07) is 13.8. The normalized spacial score (nSPS) is 11.0. The molecule has 1 amide bonds. The van der Waals surface area contributed by atoms with Gasteiger partial charge in [-0.15, -0.1) is 10.2 Å². The third kappa shape index (κ3) is 5.88. The number of aryl methyl sites for hydroxylation is 1. The van der Waals surface area contributed by atoms with Crippen LogP contribution in [0.4, 0.5) is 5.69 Å². The SMILES string of the molecule is CCn1c(SCC(=O)Nc2cccc(C)c2C)nnc1-c1ccc(OCC(C)C)cc1. The molecule has 0 radical (unpaired) electrons. The number of ether oxygens (including phenoxy) is 1. The van der Waals surface area contributed by atoms with Gasteiger partial charge in [-0.3, -0.25) is 4.79 Å². The summed E-state index contributed by atoms with van der Waals surface area (Å²) >= 11 is 1.39. The lowest BCUT2D eigenvalue weighted by atomic mass is 10.1. The Labute approximate surface area is 188 Å². The molecule has 0 aliphatic rings. The number of carbonyl (C=O) groups excluding carboxylic acids is 1. The number of benzene rings is 2. The number of hydrogen-bond acceptors (Lipinski definition) is 5. The molecule has 0 aliphatic carbocycles. The van der Waals surface area contributed by atoms with Crippen molar-refractivity contribution in [3.05, 3.63) is 53.6 Å². The van der Waals surface area contributed by atoms with Crippen LogP contribution in [0.15, 0.2) is 47.6 Å². The molecular formula is C24H30N4O2S. The zero-order valence-electron chi connectivity index (χ0n) is 18.8. The van der Waals surface area contributed by atoms with Gasteiger partial charge in [0.05, 0.1) is 12.4 Å². The van der Waals surface area contributed by atoms with E-state index in [1.807, 2.05) is 67.8 Å². The van der Waals surface area contributed by atoms with Crippen LogP contribution in [0.25, 0.3) is 11.4 Å². The highest BCUT2D eigenvalue weighted by atomic mass is 32.2. The highest BCUT2D eigenvalue weighted by Gasteiger charge is 2.15. The Hall–Kier alpha value is -2.80. The summed E-state index contributed by atoms with van der Waals surface area (Å²) in [5.41, 5.74) is 4.06. The van der Waals surface area contributed by atoms with E-state index in [9.17, 15) is 4.79 Å². The van der Waals surface area contributed by atoms with E-state index in [0.717, 1.165) is 45.7 Å². The van der Waals surface area contributed by atoms with E-state index in [4.69, 9.17) is 4.74 Å². The third-order valence-corrected chi connectivity index (χ3v) is 5.91. The second-order valence-electron chi connectivity index (χ2n) is 7.86. The molecule has 164 valence electrons. The maximum absolute atomic E-state index is 12.5. The lowest BCUT2D eigenvalue weighted by Crippen LogP contribution is -2.15. The minimum atomic E-state index is -0.0578. The molecule has 0 aliphatic heterocycles. The quantitative estimate of drug-likeness (QED) is 0.456. The highest BCUT2D eigenvalue weighted by molar-refractivity contribution is 7.99. The molecule has 0 atom stereocenters. The molecule has 3 rings (SSSR count). The fourth-order valence-corrected chi connectivity index (χ4v) is 3.86. The molecule has 1 heterocycles. The molecule has 6 nitrogen and oxygen atoms in total. The number of nitrogens with zero attached hydrogens (tertiary/aromatic N) is 3. The van der Waals surface area contributed by atoms with Crippen molar-refractivity contribution in [3.63, 3.8) is 0 Å². The van der Waals surface area contributed by atoms with Gasteiger partial charge < -0.3 is 14.6 Å². The van der Waals surface area contributed by atoms with Crippen molar-refractivity contribution < 1.29 is 9.53 Å². The van der Waals surface area contributed by atoms with Crippen molar-refractivity contribution >= 4 is 23.4 Å². The number of rotatable bonds is 9. The second-order valence-corrected chi connectivity index (χ2v) is 8.81. The van der Waals surface area contributed by atoms with Gasteiger partial charge in [0.2, 0.25) is 5.91 Å². The summed E-state index contributed by atoms with van der Waals surface area (Å²) in [7, 11) is 0. The Morgan fingerprint density at radius 1 is 1.13 bits per heavy atom. The first-order valence-corrected chi connectivity index (χ1v) is 11.5. The van der Waals surface area contributed by atoms with Crippen molar-refractivity contribution in [2.24, 2.45) is 5.92 Å². The van der Waals surface area contributed by atoms with Gasteiger partial charge in [-0.1, -0.05) is 37.7 Å². The number of carbonyl (C=O) groups is 1. The van der Waals surface area contributed by atoms with E-state index in [2.05, 4.69) is 29.4 Å². The summed E-state index contributed by atoms with van der Waals surface area (Å²) in [4.78, 5) is 12.5. The van der Waals surface area contributed by atoms with Crippen LogP contribution in [0.2, 0.25) is 0 Å². The number of nitrogens with one attached hydrogen (secondary N) is 1. The molecule has 3 aromatic rings. The Bertz CT molecular complexity index is 1030. The molecule has 31 heavy (non-hydrogen) atoms. The first-order valence-electron chi connectivity index (χ1n) is 10.5. The van der Waals surface area contributed by atoms with Gasteiger partial charge in [0.1, 0.15) is 5.75 Å². The summed E-state index contributed by atoms with van der Waals surface area (Å²) in [6.45, 7) is 11.8. The molecule has 0 unspecified atom stereocenters. The van der Waals surface area contributed by atoms with Gasteiger partial charge >= 0.3 is 0 Å². The standard InChI is InChI=1S/C24H30N4O2S/c1-6-28-23(19-10-12-20(13-11-19)30-14-16(2)3)26-27-24(28)31-15-22(29)25-21-9-7-8-17(4)18(21)5/h7-13,16H,6,14-15H2,1-5H3,(H,25,29). The summed E-state index contributed by atoms with van der Waals surface area (Å²) < 4.78 is 7.79. The van der Waals surface area contributed by atoms with Crippen molar-refractivity contribution in [1.29, 1.82) is 0 Å². The molecule has 0 saturated carbocycles. The van der Waals surface area contributed by atoms with Crippen molar-refractivity contribution in [3.8, 4) is 17.1 Å². The zero-order chi connectivity index (χ0) is 22.4. The van der Waals surface area contributed by atoms with Crippen LogP contribution in [0.1, 0.15) is 31.9 Å². The topological polar surface area (TPSA) is 69.0 Å². The van der Waals surface area contributed by atoms with Crippen molar-refractivity contribution in [1.82, 2.24) is 14.8 Å². The summed E-state index contributed by atoms with van der Waals surface area (Å²) in [6.07, 6.45) is 0. The minimum Gasteiger partial charge on any atom is -0.493 e. The van der Waals surface area contributed by atoms with Crippen LogP contribution in [0.3, 0.4) is 0 Å². The Morgan fingerprint density at radius 3 is 2.55 bits per heavy atom. The van der Waals surface area contributed by atoms with Gasteiger partial charge in [0, 0.05) is 17.8 Å². The Kier molecular flexibility index (Phi) is 7.74. The monoisotopic (exact) mass is 438 g/mol. The number of hydrogen-bond donors (Lipinski definition) is 1. The van der Waals surface area contributed by atoms with Gasteiger partial charge in [0.15, 0.2) is 11.0 Å². The molecule has 1 N–H and O–H groups in total. The van der Waals surface area contributed by atoms with Crippen LogP contribution < -0.4 is 10.1 Å². The van der Waals surface area contributed by atoms with E-state index in [0.29, 0.717) is 12.5 Å². The molecule has 0 bridgehead atoms. The predicted octanol–water partition coefficient (Wildman–Crippen LogP) is 5.35. The van der Waals surface area contributed by atoms with E-state index < -0.39 is 0 Å².